The molecule has 0 saturated carbocycles. The molecular weight excluding hydrogens is 416 g/mol. The van der Waals surface area contributed by atoms with Crippen LogP contribution in [0.5, 0.6) is 0 Å². The van der Waals surface area contributed by atoms with E-state index in [1.165, 1.54) is 18.2 Å². The zero-order chi connectivity index (χ0) is 23.4. The van der Waals surface area contributed by atoms with E-state index >= 15 is 0 Å². The Hall–Kier alpha value is -2.61. The van der Waals surface area contributed by atoms with Crippen LogP contribution in [0.3, 0.4) is 0 Å². The van der Waals surface area contributed by atoms with Gasteiger partial charge in [-0.1, -0.05) is 48.3 Å². The number of rotatable bonds is 10. The van der Waals surface area contributed by atoms with Crippen molar-refractivity contribution in [3.8, 4) is 23.0 Å². The Morgan fingerprint density at radius 1 is 1.22 bits per heavy atom. The number of methoxy groups -OCH3 is 1. The molecule has 1 heterocycles. The third kappa shape index (κ3) is 9.26. The molecule has 1 N–H and O–H groups in total. The zero-order valence-corrected chi connectivity index (χ0v) is 20.3. The second-order valence-electron chi connectivity index (χ2n) is 8.83. The highest BCUT2D eigenvalue weighted by atomic mass is 32.1. The molecule has 0 spiro atoms. The van der Waals surface area contributed by atoms with E-state index in [4.69, 9.17) is 4.74 Å². The summed E-state index contributed by atoms with van der Waals surface area (Å²) in [6, 6.07) is 10.6. The summed E-state index contributed by atoms with van der Waals surface area (Å²) < 4.78 is 4.89. The molecule has 2 aromatic rings. The minimum atomic E-state index is -0.738. The molecule has 2 unspecified atom stereocenters. The number of hydrogen-bond acceptors (Lipinski definition) is 4. The Kier molecular flexibility index (Phi) is 10.5. The first-order valence-corrected chi connectivity index (χ1v) is 12.0. The molecule has 0 bridgehead atoms. The van der Waals surface area contributed by atoms with Crippen molar-refractivity contribution in [2.75, 3.05) is 7.11 Å². The quantitative estimate of drug-likeness (QED) is 0.248. The summed E-state index contributed by atoms with van der Waals surface area (Å²) in [5.41, 5.74) is 3.54. The van der Waals surface area contributed by atoms with E-state index in [0.29, 0.717) is 12.8 Å². The van der Waals surface area contributed by atoms with Gasteiger partial charge in [0.15, 0.2) is 0 Å². The lowest BCUT2D eigenvalue weighted by Crippen LogP contribution is -2.29. The predicted molar refractivity (Wildman–Crippen MR) is 135 cm³/mol. The number of aliphatic hydroxyl groups excluding tert-OH is 1. The van der Waals surface area contributed by atoms with Crippen molar-refractivity contribution >= 4 is 23.4 Å². The van der Waals surface area contributed by atoms with E-state index in [2.05, 4.69) is 65.1 Å². The first kappa shape index (κ1) is 25.6. The molecule has 0 aliphatic heterocycles. The highest BCUT2D eigenvalue weighted by Gasteiger charge is 2.26. The minimum absolute atomic E-state index is 0.0651. The number of esters is 1. The van der Waals surface area contributed by atoms with Crippen LogP contribution >= 0.6 is 11.3 Å². The number of ether oxygens (including phenoxy) is 1. The van der Waals surface area contributed by atoms with E-state index in [1.54, 1.807) is 17.4 Å². The fourth-order valence-corrected chi connectivity index (χ4v) is 3.87. The standard InChI is InChI=1S/C28H34O3S/c1-28(2,3)18-10-6-8-15-25(27(30)31-4)26(29)16-9-5-7-12-22-13-11-14-23(20-22)24-17-19-32-21-24/h6-8,11-14,17,19-21,25-26,29H,5,9,15-16H2,1-4H3/b8-6+,12-7+. The SMILES string of the molecule is COC(=O)C(C/C=C/C#CC(C)(C)C)C(O)CCC/C=C/c1cccc(-c2ccsc2)c1. The molecule has 2 rings (SSSR count). The topological polar surface area (TPSA) is 46.5 Å². The van der Waals surface area contributed by atoms with Gasteiger partial charge >= 0.3 is 5.97 Å². The summed E-state index contributed by atoms with van der Waals surface area (Å²) >= 11 is 1.70. The number of hydrogen-bond donors (Lipinski definition) is 1. The van der Waals surface area contributed by atoms with Gasteiger partial charge < -0.3 is 9.84 Å². The van der Waals surface area contributed by atoms with Gasteiger partial charge in [0.05, 0.1) is 19.1 Å². The van der Waals surface area contributed by atoms with Gasteiger partial charge in [0.1, 0.15) is 0 Å². The van der Waals surface area contributed by atoms with Crippen molar-refractivity contribution in [1.29, 1.82) is 0 Å². The average molecular weight is 451 g/mol. The molecule has 0 fully saturated rings. The van der Waals surface area contributed by atoms with Crippen LogP contribution in [-0.4, -0.2) is 24.3 Å². The van der Waals surface area contributed by atoms with Gasteiger partial charge in [-0.05, 0) is 92.1 Å². The Labute approximate surface area is 196 Å². The molecule has 0 radical (unpaired) electrons. The van der Waals surface area contributed by atoms with Crippen LogP contribution in [0, 0.1) is 23.2 Å². The van der Waals surface area contributed by atoms with Crippen LogP contribution in [-0.2, 0) is 9.53 Å². The van der Waals surface area contributed by atoms with Crippen LogP contribution in [0.4, 0.5) is 0 Å². The molecule has 0 aliphatic rings. The summed E-state index contributed by atoms with van der Waals surface area (Å²) in [5.74, 6) is 5.16. The molecule has 0 saturated heterocycles. The fourth-order valence-electron chi connectivity index (χ4n) is 3.21. The summed E-state index contributed by atoms with van der Waals surface area (Å²) in [6.45, 7) is 6.14. The average Bonchev–Trinajstić information content (AvgIpc) is 3.30. The highest BCUT2D eigenvalue weighted by Crippen LogP contribution is 2.23. The van der Waals surface area contributed by atoms with Crippen LogP contribution < -0.4 is 0 Å². The monoisotopic (exact) mass is 450 g/mol. The van der Waals surface area contributed by atoms with E-state index in [1.807, 2.05) is 26.8 Å². The van der Waals surface area contributed by atoms with Gasteiger partial charge in [0.25, 0.3) is 0 Å². The second kappa shape index (κ2) is 13.1. The Balaban J connectivity index is 1.84. The highest BCUT2D eigenvalue weighted by molar-refractivity contribution is 7.08. The van der Waals surface area contributed by atoms with Crippen molar-refractivity contribution in [1.82, 2.24) is 0 Å². The van der Waals surface area contributed by atoms with E-state index in [-0.39, 0.29) is 11.4 Å². The molecule has 32 heavy (non-hydrogen) atoms. The number of thiophene rings is 1. The lowest BCUT2D eigenvalue weighted by Gasteiger charge is -2.19. The van der Waals surface area contributed by atoms with Crippen molar-refractivity contribution in [3.05, 3.63) is 64.9 Å². The third-order valence-electron chi connectivity index (χ3n) is 4.93. The number of carbonyl (C=O) groups is 1. The molecule has 0 amide bonds. The summed E-state index contributed by atoms with van der Waals surface area (Å²) in [4.78, 5) is 12.1. The lowest BCUT2D eigenvalue weighted by atomic mass is 9.94. The van der Waals surface area contributed by atoms with Gasteiger partial charge in [-0.3, -0.25) is 4.79 Å². The molecule has 1 aromatic heterocycles. The Bertz CT molecular complexity index is 953. The van der Waals surface area contributed by atoms with Crippen molar-refractivity contribution < 1.29 is 14.6 Å². The molecule has 0 aliphatic carbocycles. The van der Waals surface area contributed by atoms with Crippen LogP contribution in [0.1, 0.15) is 52.0 Å². The third-order valence-corrected chi connectivity index (χ3v) is 5.61. The molecular formula is C28H34O3S. The summed E-state index contributed by atoms with van der Waals surface area (Å²) in [7, 11) is 1.36. The first-order valence-electron chi connectivity index (χ1n) is 11.0. The summed E-state index contributed by atoms with van der Waals surface area (Å²) in [6.07, 6.45) is 9.66. The van der Waals surface area contributed by atoms with E-state index < -0.39 is 12.0 Å². The lowest BCUT2D eigenvalue weighted by molar-refractivity contribution is -0.149. The molecule has 1 aromatic carbocycles. The van der Waals surface area contributed by atoms with Crippen molar-refractivity contribution in [3.63, 3.8) is 0 Å². The number of allylic oxidation sites excluding steroid dienone is 3. The van der Waals surface area contributed by atoms with Crippen LogP contribution in [0.2, 0.25) is 0 Å². The van der Waals surface area contributed by atoms with Crippen LogP contribution in [0.15, 0.2) is 59.3 Å². The first-order chi connectivity index (χ1) is 15.3. The van der Waals surface area contributed by atoms with Gasteiger partial charge in [0.2, 0.25) is 0 Å². The normalized spacial score (nSPS) is 13.7. The second-order valence-corrected chi connectivity index (χ2v) is 9.61. The van der Waals surface area contributed by atoms with Crippen molar-refractivity contribution in [2.24, 2.45) is 11.3 Å². The summed E-state index contributed by atoms with van der Waals surface area (Å²) in [5, 5.41) is 14.8. The van der Waals surface area contributed by atoms with Gasteiger partial charge in [-0.25, -0.2) is 0 Å². The molecule has 170 valence electrons. The maximum atomic E-state index is 12.1. The van der Waals surface area contributed by atoms with Gasteiger partial charge in [-0.2, -0.15) is 11.3 Å². The van der Waals surface area contributed by atoms with Gasteiger partial charge in [-0.15, -0.1) is 0 Å². The Morgan fingerprint density at radius 3 is 2.72 bits per heavy atom. The minimum Gasteiger partial charge on any atom is -0.469 e. The predicted octanol–water partition coefficient (Wildman–Crippen LogP) is 6.74. The van der Waals surface area contributed by atoms with E-state index in [9.17, 15) is 9.90 Å². The largest absolute Gasteiger partial charge is 0.469 e. The smallest absolute Gasteiger partial charge is 0.311 e. The maximum absolute atomic E-state index is 12.1. The van der Waals surface area contributed by atoms with E-state index in [0.717, 1.165) is 18.4 Å². The number of benzene rings is 1. The molecule has 4 heteroatoms. The van der Waals surface area contributed by atoms with Crippen molar-refractivity contribution in [2.45, 2.75) is 52.6 Å². The molecule has 2 atom stereocenters. The number of carbonyl (C=O) groups excluding carboxylic acids is 1. The fraction of sp³-hybridized carbons (Fsp3) is 0.393. The van der Waals surface area contributed by atoms with Gasteiger partial charge in [0, 0.05) is 5.41 Å². The van der Waals surface area contributed by atoms with Crippen LogP contribution in [0.25, 0.3) is 17.2 Å². The Morgan fingerprint density at radius 2 is 2.03 bits per heavy atom. The number of unbranched alkanes of at least 4 members (excludes halogenated alkanes) is 1. The molecule has 3 nitrogen and oxygen atoms in total. The maximum Gasteiger partial charge on any atom is 0.311 e. The number of aliphatic hydroxyl groups is 1. The zero-order valence-electron chi connectivity index (χ0n) is 19.5.